The Balaban J connectivity index is 3.31. The minimum Gasteiger partial charge on any atom is -0.377 e. The van der Waals surface area contributed by atoms with Crippen molar-refractivity contribution in [3.05, 3.63) is 23.8 Å². The fourth-order valence-corrected chi connectivity index (χ4v) is 2.43. The molecule has 0 bridgehead atoms. The molecule has 1 rings (SSSR count). The SMILES string of the molecule is CC(C)NC(=O)c1ccc(N(C)C)c(S(N)(=O)=O)c1. The molecule has 1 aromatic rings. The maximum atomic E-state index is 11.9. The fourth-order valence-electron chi connectivity index (χ4n) is 1.60. The van der Waals surface area contributed by atoms with Gasteiger partial charge >= 0.3 is 0 Å². The minimum absolute atomic E-state index is 0.0287. The van der Waals surface area contributed by atoms with Crippen molar-refractivity contribution >= 4 is 21.6 Å². The molecule has 6 nitrogen and oxygen atoms in total. The van der Waals surface area contributed by atoms with Gasteiger partial charge in [0.15, 0.2) is 0 Å². The highest BCUT2D eigenvalue weighted by molar-refractivity contribution is 7.89. The zero-order valence-electron chi connectivity index (χ0n) is 11.5. The molecular formula is C12H19N3O3S. The third-order valence-electron chi connectivity index (χ3n) is 2.43. The highest BCUT2D eigenvalue weighted by atomic mass is 32.2. The van der Waals surface area contributed by atoms with Crippen molar-refractivity contribution in [2.75, 3.05) is 19.0 Å². The van der Waals surface area contributed by atoms with Gasteiger partial charge in [0.25, 0.3) is 5.91 Å². The number of hydrogen-bond donors (Lipinski definition) is 2. The lowest BCUT2D eigenvalue weighted by Gasteiger charge is -2.17. The Bertz CT molecular complexity index is 580. The average Bonchev–Trinajstić information content (AvgIpc) is 2.25. The predicted octanol–water partition coefficient (Wildman–Crippen LogP) is 0.538. The van der Waals surface area contributed by atoms with Crippen LogP contribution in [0, 0.1) is 0 Å². The molecule has 19 heavy (non-hydrogen) atoms. The summed E-state index contributed by atoms with van der Waals surface area (Å²) in [5.41, 5.74) is 0.715. The van der Waals surface area contributed by atoms with Crippen molar-refractivity contribution < 1.29 is 13.2 Å². The summed E-state index contributed by atoms with van der Waals surface area (Å²) in [6.45, 7) is 3.65. The van der Waals surface area contributed by atoms with E-state index in [1.807, 2.05) is 13.8 Å². The van der Waals surface area contributed by atoms with Gasteiger partial charge in [-0.1, -0.05) is 0 Å². The van der Waals surface area contributed by atoms with E-state index in [-0.39, 0.29) is 22.4 Å². The van der Waals surface area contributed by atoms with E-state index in [0.29, 0.717) is 5.69 Å². The first-order chi connectivity index (χ1) is 8.62. The van der Waals surface area contributed by atoms with Crippen molar-refractivity contribution in [2.45, 2.75) is 24.8 Å². The van der Waals surface area contributed by atoms with Crippen LogP contribution in [0.15, 0.2) is 23.1 Å². The van der Waals surface area contributed by atoms with E-state index in [4.69, 9.17) is 5.14 Å². The third kappa shape index (κ3) is 3.93. The summed E-state index contributed by atoms with van der Waals surface area (Å²) in [6.07, 6.45) is 0. The maximum Gasteiger partial charge on any atom is 0.251 e. The molecule has 0 aliphatic rings. The van der Waals surface area contributed by atoms with Gasteiger partial charge in [0.2, 0.25) is 10.0 Å². The summed E-state index contributed by atoms with van der Waals surface area (Å²) in [5, 5.41) is 7.88. The number of carbonyl (C=O) groups excluding carboxylic acids is 1. The second-order valence-corrected chi connectivity index (χ2v) is 6.28. The van der Waals surface area contributed by atoms with Crippen molar-refractivity contribution in [2.24, 2.45) is 5.14 Å². The number of sulfonamides is 1. The zero-order chi connectivity index (χ0) is 14.8. The van der Waals surface area contributed by atoms with Gasteiger partial charge in [-0.3, -0.25) is 4.79 Å². The van der Waals surface area contributed by atoms with Crippen LogP contribution in [0.4, 0.5) is 5.69 Å². The van der Waals surface area contributed by atoms with Gasteiger partial charge in [-0.25, -0.2) is 13.6 Å². The summed E-state index contributed by atoms with van der Waals surface area (Å²) >= 11 is 0. The summed E-state index contributed by atoms with van der Waals surface area (Å²) in [4.78, 5) is 13.4. The molecule has 0 heterocycles. The average molecular weight is 285 g/mol. The molecule has 0 saturated heterocycles. The predicted molar refractivity (Wildman–Crippen MR) is 74.7 cm³/mol. The number of nitrogens with two attached hydrogens (primary N) is 1. The van der Waals surface area contributed by atoms with Crippen molar-refractivity contribution in [1.82, 2.24) is 5.32 Å². The molecule has 0 aliphatic carbocycles. The number of primary sulfonamides is 1. The van der Waals surface area contributed by atoms with Crippen molar-refractivity contribution in [3.8, 4) is 0 Å². The Labute approximate surface area is 113 Å². The number of nitrogens with one attached hydrogen (secondary N) is 1. The molecule has 0 atom stereocenters. The van der Waals surface area contributed by atoms with Gasteiger partial charge in [-0.05, 0) is 32.0 Å². The highest BCUT2D eigenvalue weighted by Gasteiger charge is 2.18. The summed E-state index contributed by atoms with van der Waals surface area (Å²) in [5.74, 6) is -0.329. The zero-order valence-corrected chi connectivity index (χ0v) is 12.3. The molecule has 0 saturated carbocycles. The van der Waals surface area contributed by atoms with E-state index in [2.05, 4.69) is 5.32 Å². The van der Waals surface area contributed by atoms with E-state index in [9.17, 15) is 13.2 Å². The number of hydrogen-bond acceptors (Lipinski definition) is 4. The quantitative estimate of drug-likeness (QED) is 0.844. The molecule has 3 N–H and O–H groups in total. The fraction of sp³-hybridized carbons (Fsp3) is 0.417. The van der Waals surface area contributed by atoms with Crippen LogP contribution in [0.1, 0.15) is 24.2 Å². The van der Waals surface area contributed by atoms with E-state index in [0.717, 1.165) is 0 Å². The van der Waals surface area contributed by atoms with Crippen molar-refractivity contribution in [1.29, 1.82) is 0 Å². The Kier molecular flexibility index (Phi) is 4.54. The topological polar surface area (TPSA) is 92.5 Å². The highest BCUT2D eigenvalue weighted by Crippen LogP contribution is 2.24. The third-order valence-corrected chi connectivity index (χ3v) is 3.37. The molecule has 1 aromatic carbocycles. The molecule has 0 spiro atoms. The smallest absolute Gasteiger partial charge is 0.251 e. The lowest BCUT2D eigenvalue weighted by molar-refractivity contribution is 0.0943. The van der Waals surface area contributed by atoms with Crippen LogP contribution in [0.5, 0.6) is 0 Å². The Morgan fingerprint density at radius 3 is 2.32 bits per heavy atom. The number of anilines is 1. The van der Waals surface area contributed by atoms with Crippen LogP contribution in [0.25, 0.3) is 0 Å². The van der Waals surface area contributed by atoms with Gasteiger partial charge in [0.05, 0.1) is 5.69 Å². The molecule has 0 aliphatic heterocycles. The largest absolute Gasteiger partial charge is 0.377 e. The summed E-state index contributed by atoms with van der Waals surface area (Å²) in [6, 6.07) is 4.40. The number of benzene rings is 1. The lowest BCUT2D eigenvalue weighted by Crippen LogP contribution is -2.30. The first-order valence-electron chi connectivity index (χ1n) is 5.78. The summed E-state index contributed by atoms with van der Waals surface area (Å²) in [7, 11) is -0.472. The standard InChI is InChI=1S/C12H19N3O3S/c1-8(2)14-12(16)9-5-6-10(15(3)4)11(7-9)19(13,17)18/h5-8H,1-4H3,(H,14,16)(H2,13,17,18). The van der Waals surface area contributed by atoms with Crippen LogP contribution < -0.4 is 15.4 Å². The van der Waals surface area contributed by atoms with E-state index < -0.39 is 10.0 Å². The normalized spacial score (nSPS) is 11.5. The maximum absolute atomic E-state index is 11.9. The van der Waals surface area contributed by atoms with Gasteiger partial charge in [0, 0.05) is 25.7 Å². The second-order valence-electron chi connectivity index (χ2n) is 4.75. The molecule has 106 valence electrons. The van der Waals surface area contributed by atoms with Crippen LogP contribution in [-0.4, -0.2) is 34.5 Å². The molecule has 0 aromatic heterocycles. The Morgan fingerprint density at radius 2 is 1.89 bits per heavy atom. The van der Waals surface area contributed by atoms with Gasteiger partial charge in [0.1, 0.15) is 4.90 Å². The minimum atomic E-state index is -3.88. The van der Waals surface area contributed by atoms with Gasteiger partial charge < -0.3 is 10.2 Å². The van der Waals surface area contributed by atoms with Gasteiger partial charge in [-0.2, -0.15) is 0 Å². The molecule has 1 amide bonds. The van der Waals surface area contributed by atoms with Crippen LogP contribution >= 0.6 is 0 Å². The van der Waals surface area contributed by atoms with Crippen LogP contribution in [0.3, 0.4) is 0 Å². The first kappa shape index (κ1) is 15.5. The molecular weight excluding hydrogens is 266 g/mol. The Hall–Kier alpha value is -1.60. The van der Waals surface area contributed by atoms with E-state index >= 15 is 0 Å². The molecule has 0 fully saturated rings. The molecule has 0 radical (unpaired) electrons. The second kappa shape index (κ2) is 5.58. The Morgan fingerprint density at radius 1 is 1.32 bits per heavy atom. The van der Waals surface area contributed by atoms with Gasteiger partial charge in [-0.15, -0.1) is 0 Å². The number of amides is 1. The molecule has 7 heteroatoms. The van der Waals surface area contributed by atoms with E-state index in [1.54, 1.807) is 31.1 Å². The van der Waals surface area contributed by atoms with Crippen LogP contribution in [-0.2, 0) is 10.0 Å². The number of carbonyl (C=O) groups is 1. The summed E-state index contributed by atoms with van der Waals surface area (Å²) < 4.78 is 23.1. The number of nitrogens with zero attached hydrogens (tertiary/aromatic N) is 1. The lowest BCUT2D eigenvalue weighted by atomic mass is 10.1. The van der Waals surface area contributed by atoms with E-state index in [1.165, 1.54) is 6.07 Å². The number of rotatable bonds is 4. The van der Waals surface area contributed by atoms with Crippen molar-refractivity contribution in [3.63, 3.8) is 0 Å². The monoisotopic (exact) mass is 285 g/mol. The molecule has 0 unspecified atom stereocenters. The first-order valence-corrected chi connectivity index (χ1v) is 7.32. The van der Waals surface area contributed by atoms with Crippen LogP contribution in [0.2, 0.25) is 0 Å².